The molecule has 0 aliphatic carbocycles. The quantitative estimate of drug-likeness (QED) is 0.859. The molecule has 2 heterocycles. The number of para-hydroxylation sites is 1. The molecule has 26 heavy (non-hydrogen) atoms. The lowest BCUT2D eigenvalue weighted by molar-refractivity contribution is -0.139. The highest BCUT2D eigenvalue weighted by molar-refractivity contribution is 5.68. The molecule has 0 radical (unpaired) electrons. The molecule has 0 atom stereocenters. The Morgan fingerprint density at radius 3 is 2.85 bits per heavy atom. The maximum Gasteiger partial charge on any atom is 0.341 e. The van der Waals surface area contributed by atoms with Crippen molar-refractivity contribution in [3.8, 4) is 5.75 Å². The van der Waals surface area contributed by atoms with E-state index < -0.39 is 5.97 Å². The van der Waals surface area contributed by atoms with Gasteiger partial charge in [0.2, 0.25) is 0 Å². The van der Waals surface area contributed by atoms with Crippen LogP contribution in [0.5, 0.6) is 5.75 Å². The summed E-state index contributed by atoms with van der Waals surface area (Å²) in [5.74, 6) is -0.307. The number of anilines is 1. The Kier molecular flexibility index (Phi) is 6.07. The number of aromatic nitrogens is 1. The van der Waals surface area contributed by atoms with E-state index in [1.165, 1.54) is 5.69 Å². The van der Waals surface area contributed by atoms with Gasteiger partial charge in [0.25, 0.3) is 0 Å². The molecule has 138 valence electrons. The third kappa shape index (κ3) is 4.95. The van der Waals surface area contributed by atoms with Crippen LogP contribution in [0.4, 0.5) is 5.69 Å². The predicted octanol–water partition coefficient (Wildman–Crippen LogP) is 2.57. The molecule has 1 N–H and O–H groups in total. The smallest absolute Gasteiger partial charge is 0.341 e. The van der Waals surface area contributed by atoms with Crippen LogP contribution >= 0.6 is 0 Å². The lowest BCUT2D eigenvalue weighted by Crippen LogP contribution is -2.30. The van der Waals surface area contributed by atoms with Crippen LogP contribution in [0.3, 0.4) is 0 Å². The Balaban J connectivity index is 1.62. The van der Waals surface area contributed by atoms with Crippen LogP contribution in [-0.2, 0) is 11.3 Å². The average molecular weight is 355 g/mol. The Hall–Kier alpha value is -2.60. The highest BCUT2D eigenvalue weighted by atomic mass is 16.5. The molecule has 0 unspecified atom stereocenters. The number of hydrogen-bond donors (Lipinski definition) is 1. The molecular weight excluding hydrogens is 330 g/mol. The van der Waals surface area contributed by atoms with Gasteiger partial charge in [0.05, 0.1) is 0 Å². The van der Waals surface area contributed by atoms with Crippen molar-refractivity contribution in [2.24, 2.45) is 0 Å². The van der Waals surface area contributed by atoms with E-state index in [2.05, 4.69) is 26.9 Å². The van der Waals surface area contributed by atoms with Gasteiger partial charge in [-0.1, -0.05) is 18.2 Å². The normalized spacial score (nSPS) is 15.5. The maximum atomic E-state index is 10.8. The van der Waals surface area contributed by atoms with E-state index in [1.54, 1.807) is 0 Å². The van der Waals surface area contributed by atoms with Gasteiger partial charge in [0.15, 0.2) is 6.61 Å². The zero-order valence-electron chi connectivity index (χ0n) is 15.1. The fourth-order valence-electron chi connectivity index (χ4n) is 3.27. The average Bonchev–Trinajstić information content (AvgIpc) is 2.86. The summed E-state index contributed by atoms with van der Waals surface area (Å²) in [6, 6.07) is 11.9. The van der Waals surface area contributed by atoms with Gasteiger partial charge in [-0.15, -0.1) is 0 Å². The first-order chi connectivity index (χ1) is 12.6. The zero-order chi connectivity index (χ0) is 18.4. The Morgan fingerprint density at radius 1 is 1.19 bits per heavy atom. The molecule has 1 saturated heterocycles. The topological polar surface area (TPSA) is 65.9 Å². The molecule has 1 aliphatic rings. The van der Waals surface area contributed by atoms with Crippen molar-refractivity contribution >= 4 is 11.7 Å². The Bertz CT molecular complexity index is 751. The third-order valence-electron chi connectivity index (χ3n) is 4.55. The van der Waals surface area contributed by atoms with Crippen molar-refractivity contribution in [1.82, 2.24) is 9.88 Å². The van der Waals surface area contributed by atoms with E-state index in [4.69, 9.17) is 9.84 Å². The summed E-state index contributed by atoms with van der Waals surface area (Å²) in [6.45, 7) is 6.41. The predicted molar refractivity (Wildman–Crippen MR) is 101 cm³/mol. The number of benzene rings is 1. The SMILES string of the molecule is Cc1cc(N2CCCN(Cc3ccccc3OCC(=O)O)CC2)ccn1. The van der Waals surface area contributed by atoms with Gasteiger partial charge in [-0.05, 0) is 31.5 Å². The van der Waals surface area contributed by atoms with Gasteiger partial charge in [-0.25, -0.2) is 4.79 Å². The number of aryl methyl sites for hydroxylation is 1. The number of hydrogen-bond acceptors (Lipinski definition) is 5. The van der Waals surface area contributed by atoms with Crippen molar-refractivity contribution in [1.29, 1.82) is 0 Å². The number of carbonyl (C=O) groups is 1. The summed E-state index contributed by atoms with van der Waals surface area (Å²) in [6.07, 6.45) is 2.95. The molecule has 2 aromatic rings. The van der Waals surface area contributed by atoms with E-state index in [9.17, 15) is 4.79 Å². The van der Waals surface area contributed by atoms with Crippen LogP contribution in [0.25, 0.3) is 0 Å². The third-order valence-corrected chi connectivity index (χ3v) is 4.55. The number of pyridine rings is 1. The summed E-state index contributed by atoms with van der Waals surface area (Å²) in [5.41, 5.74) is 3.29. The largest absolute Gasteiger partial charge is 0.482 e. The van der Waals surface area contributed by atoms with E-state index >= 15 is 0 Å². The van der Waals surface area contributed by atoms with Crippen LogP contribution in [0, 0.1) is 6.92 Å². The number of ether oxygens (including phenoxy) is 1. The highest BCUT2D eigenvalue weighted by Gasteiger charge is 2.17. The van der Waals surface area contributed by atoms with Crippen molar-refractivity contribution in [3.05, 3.63) is 53.9 Å². The molecule has 0 bridgehead atoms. The summed E-state index contributed by atoms with van der Waals surface area (Å²) in [5, 5.41) is 8.84. The summed E-state index contributed by atoms with van der Waals surface area (Å²) in [7, 11) is 0. The summed E-state index contributed by atoms with van der Waals surface area (Å²) >= 11 is 0. The van der Waals surface area contributed by atoms with Gasteiger partial charge < -0.3 is 14.7 Å². The first-order valence-electron chi connectivity index (χ1n) is 8.94. The van der Waals surface area contributed by atoms with Crippen molar-refractivity contribution in [2.45, 2.75) is 19.9 Å². The van der Waals surface area contributed by atoms with Crippen LogP contribution in [0.15, 0.2) is 42.6 Å². The minimum absolute atomic E-state index is 0.313. The Morgan fingerprint density at radius 2 is 2.04 bits per heavy atom. The molecule has 0 spiro atoms. The number of rotatable bonds is 6. The molecule has 0 amide bonds. The molecule has 1 aliphatic heterocycles. The fraction of sp³-hybridized carbons (Fsp3) is 0.400. The van der Waals surface area contributed by atoms with Crippen LogP contribution in [0.1, 0.15) is 17.7 Å². The molecule has 0 saturated carbocycles. The molecule has 1 aromatic heterocycles. The molecule has 3 rings (SSSR count). The fourth-order valence-corrected chi connectivity index (χ4v) is 3.27. The Labute approximate surface area is 154 Å². The zero-order valence-corrected chi connectivity index (χ0v) is 15.1. The van der Waals surface area contributed by atoms with E-state index in [-0.39, 0.29) is 6.61 Å². The first kappa shape index (κ1) is 18.2. The number of carboxylic acids is 1. The minimum atomic E-state index is -0.960. The molecular formula is C20H25N3O3. The van der Waals surface area contributed by atoms with Gasteiger partial charge in [0.1, 0.15) is 5.75 Å². The standard InChI is InChI=1S/C20H25N3O3/c1-16-13-18(7-8-21-16)23-10-4-9-22(11-12-23)14-17-5-2-3-6-19(17)26-15-20(24)25/h2-3,5-8,13H,4,9-12,14-15H2,1H3,(H,24,25). The second kappa shape index (κ2) is 8.67. The monoisotopic (exact) mass is 355 g/mol. The summed E-state index contributed by atoms with van der Waals surface area (Å²) in [4.78, 5) is 19.8. The van der Waals surface area contributed by atoms with Gasteiger partial charge >= 0.3 is 5.97 Å². The van der Waals surface area contributed by atoms with Gasteiger partial charge in [-0.3, -0.25) is 9.88 Å². The lowest BCUT2D eigenvalue weighted by Gasteiger charge is -2.24. The lowest BCUT2D eigenvalue weighted by atomic mass is 10.2. The first-order valence-corrected chi connectivity index (χ1v) is 8.94. The maximum absolute atomic E-state index is 10.8. The van der Waals surface area contributed by atoms with Crippen LogP contribution in [-0.4, -0.2) is 53.7 Å². The van der Waals surface area contributed by atoms with Crippen molar-refractivity contribution in [2.75, 3.05) is 37.7 Å². The molecule has 1 aromatic carbocycles. The number of nitrogens with zero attached hydrogens (tertiary/aromatic N) is 3. The molecule has 1 fully saturated rings. The summed E-state index contributed by atoms with van der Waals surface area (Å²) < 4.78 is 5.43. The second-order valence-corrected chi connectivity index (χ2v) is 6.56. The van der Waals surface area contributed by atoms with Gasteiger partial charge in [0, 0.05) is 55.9 Å². The van der Waals surface area contributed by atoms with Gasteiger partial charge in [-0.2, -0.15) is 0 Å². The highest BCUT2D eigenvalue weighted by Crippen LogP contribution is 2.22. The van der Waals surface area contributed by atoms with Crippen molar-refractivity contribution < 1.29 is 14.6 Å². The van der Waals surface area contributed by atoms with E-state index in [0.29, 0.717) is 5.75 Å². The van der Waals surface area contributed by atoms with E-state index in [1.807, 2.05) is 37.4 Å². The number of aliphatic carboxylic acids is 1. The van der Waals surface area contributed by atoms with Crippen molar-refractivity contribution in [3.63, 3.8) is 0 Å². The van der Waals surface area contributed by atoms with Crippen LogP contribution in [0.2, 0.25) is 0 Å². The molecule has 6 heteroatoms. The second-order valence-electron chi connectivity index (χ2n) is 6.56. The van der Waals surface area contributed by atoms with E-state index in [0.717, 1.165) is 50.4 Å². The minimum Gasteiger partial charge on any atom is -0.482 e. The number of carboxylic acid groups (broad SMARTS) is 1. The molecule has 6 nitrogen and oxygen atoms in total. The van der Waals surface area contributed by atoms with Crippen LogP contribution < -0.4 is 9.64 Å².